The SMILES string of the molecule is CC1CC(NCC(C)N(C)C)CCO1. The molecule has 1 saturated heterocycles. The van der Waals surface area contributed by atoms with Crippen LogP contribution in [0.15, 0.2) is 0 Å². The summed E-state index contributed by atoms with van der Waals surface area (Å²) in [7, 11) is 4.25. The Morgan fingerprint density at radius 2 is 2.21 bits per heavy atom. The van der Waals surface area contributed by atoms with E-state index in [4.69, 9.17) is 4.74 Å². The van der Waals surface area contributed by atoms with Crippen molar-refractivity contribution in [2.75, 3.05) is 27.2 Å². The van der Waals surface area contributed by atoms with Gasteiger partial charge in [0.05, 0.1) is 6.10 Å². The first-order chi connectivity index (χ1) is 6.59. The first-order valence-electron chi connectivity index (χ1n) is 5.61. The van der Waals surface area contributed by atoms with E-state index < -0.39 is 0 Å². The normalized spacial score (nSPS) is 30.6. The van der Waals surface area contributed by atoms with Crippen molar-refractivity contribution in [2.24, 2.45) is 0 Å². The molecule has 1 aliphatic rings. The highest BCUT2D eigenvalue weighted by Crippen LogP contribution is 2.12. The van der Waals surface area contributed by atoms with E-state index in [-0.39, 0.29) is 0 Å². The van der Waals surface area contributed by atoms with Gasteiger partial charge < -0.3 is 15.0 Å². The number of nitrogens with one attached hydrogen (secondary N) is 1. The molecule has 0 aromatic rings. The fraction of sp³-hybridized carbons (Fsp3) is 1.00. The van der Waals surface area contributed by atoms with Crippen molar-refractivity contribution in [1.29, 1.82) is 0 Å². The van der Waals surface area contributed by atoms with Crippen molar-refractivity contribution in [1.82, 2.24) is 10.2 Å². The van der Waals surface area contributed by atoms with Crippen molar-refractivity contribution < 1.29 is 4.74 Å². The van der Waals surface area contributed by atoms with Crippen molar-refractivity contribution in [3.05, 3.63) is 0 Å². The molecule has 0 spiro atoms. The van der Waals surface area contributed by atoms with Gasteiger partial charge >= 0.3 is 0 Å². The van der Waals surface area contributed by atoms with E-state index in [9.17, 15) is 0 Å². The summed E-state index contributed by atoms with van der Waals surface area (Å²) in [6, 6.07) is 1.26. The number of hydrogen-bond donors (Lipinski definition) is 1. The Kier molecular flexibility index (Phi) is 4.85. The van der Waals surface area contributed by atoms with Crippen LogP contribution >= 0.6 is 0 Å². The second-order valence-electron chi connectivity index (χ2n) is 4.62. The van der Waals surface area contributed by atoms with Crippen LogP contribution in [0.1, 0.15) is 26.7 Å². The summed E-state index contributed by atoms with van der Waals surface area (Å²) < 4.78 is 5.51. The smallest absolute Gasteiger partial charge is 0.0561 e. The fourth-order valence-electron chi connectivity index (χ4n) is 1.70. The summed E-state index contributed by atoms with van der Waals surface area (Å²) in [5.74, 6) is 0. The molecule has 3 nitrogen and oxygen atoms in total. The van der Waals surface area contributed by atoms with Gasteiger partial charge in [0.25, 0.3) is 0 Å². The molecule has 3 heteroatoms. The molecule has 1 fully saturated rings. The van der Waals surface area contributed by atoms with Crippen LogP contribution in [0.5, 0.6) is 0 Å². The van der Waals surface area contributed by atoms with Crippen LogP contribution in [0.4, 0.5) is 0 Å². The van der Waals surface area contributed by atoms with Crippen LogP contribution in [0, 0.1) is 0 Å². The highest BCUT2D eigenvalue weighted by Gasteiger charge is 2.19. The summed E-state index contributed by atoms with van der Waals surface area (Å²) >= 11 is 0. The summed E-state index contributed by atoms with van der Waals surface area (Å²) in [5.41, 5.74) is 0. The molecule has 1 N–H and O–H groups in total. The summed E-state index contributed by atoms with van der Waals surface area (Å²) in [4.78, 5) is 2.25. The number of likely N-dealkylation sites (N-methyl/N-ethyl adjacent to an activating group) is 1. The van der Waals surface area contributed by atoms with Crippen molar-refractivity contribution in [3.63, 3.8) is 0 Å². The minimum absolute atomic E-state index is 0.427. The second-order valence-corrected chi connectivity index (χ2v) is 4.62. The van der Waals surface area contributed by atoms with Crippen LogP contribution in [0.2, 0.25) is 0 Å². The maximum absolute atomic E-state index is 5.51. The van der Waals surface area contributed by atoms with Crippen LogP contribution in [-0.4, -0.2) is 50.3 Å². The highest BCUT2D eigenvalue weighted by atomic mass is 16.5. The Labute approximate surface area is 87.8 Å². The van der Waals surface area contributed by atoms with E-state index >= 15 is 0 Å². The average molecular weight is 200 g/mol. The van der Waals surface area contributed by atoms with E-state index in [2.05, 4.69) is 38.2 Å². The minimum atomic E-state index is 0.427. The van der Waals surface area contributed by atoms with Gasteiger partial charge in [-0.15, -0.1) is 0 Å². The Bertz CT molecular complexity index is 161. The van der Waals surface area contributed by atoms with Gasteiger partial charge in [0, 0.05) is 25.2 Å². The van der Waals surface area contributed by atoms with Gasteiger partial charge in [-0.3, -0.25) is 0 Å². The predicted octanol–water partition coefficient (Wildman–Crippen LogP) is 1.09. The molecule has 3 atom stereocenters. The second kappa shape index (κ2) is 5.69. The number of rotatable bonds is 4. The van der Waals surface area contributed by atoms with Crippen LogP contribution in [0.3, 0.4) is 0 Å². The van der Waals surface area contributed by atoms with Crippen molar-refractivity contribution >= 4 is 0 Å². The highest BCUT2D eigenvalue weighted by molar-refractivity contribution is 4.76. The molecule has 0 saturated carbocycles. The third-order valence-corrected chi connectivity index (χ3v) is 3.07. The monoisotopic (exact) mass is 200 g/mol. The lowest BCUT2D eigenvalue weighted by Crippen LogP contribution is -2.44. The van der Waals surface area contributed by atoms with E-state index in [0.29, 0.717) is 18.2 Å². The molecule has 0 bridgehead atoms. The zero-order valence-electron chi connectivity index (χ0n) is 9.92. The Morgan fingerprint density at radius 3 is 2.79 bits per heavy atom. The standard InChI is InChI=1S/C11H24N2O/c1-9(13(3)4)8-12-11-5-6-14-10(2)7-11/h9-12H,5-8H2,1-4H3. The lowest BCUT2D eigenvalue weighted by Gasteiger charge is -2.30. The van der Waals surface area contributed by atoms with E-state index in [1.165, 1.54) is 0 Å². The van der Waals surface area contributed by atoms with E-state index in [1.807, 2.05) is 0 Å². The molecule has 1 aliphatic heterocycles. The topological polar surface area (TPSA) is 24.5 Å². The molecule has 84 valence electrons. The molecule has 0 aliphatic carbocycles. The maximum atomic E-state index is 5.51. The van der Waals surface area contributed by atoms with Crippen molar-refractivity contribution in [2.45, 2.75) is 44.9 Å². The molecule has 3 unspecified atom stereocenters. The maximum Gasteiger partial charge on any atom is 0.0561 e. The number of ether oxygens (including phenoxy) is 1. The molecule has 0 aromatic heterocycles. The molecule has 1 heterocycles. The lowest BCUT2D eigenvalue weighted by molar-refractivity contribution is 0.0125. The van der Waals surface area contributed by atoms with Crippen LogP contribution in [-0.2, 0) is 4.74 Å². The first kappa shape index (κ1) is 12.0. The molecule has 1 rings (SSSR count). The Morgan fingerprint density at radius 1 is 1.50 bits per heavy atom. The molecule has 0 radical (unpaired) electrons. The minimum Gasteiger partial charge on any atom is -0.378 e. The molecular weight excluding hydrogens is 176 g/mol. The van der Waals surface area contributed by atoms with Gasteiger partial charge in [0.2, 0.25) is 0 Å². The third-order valence-electron chi connectivity index (χ3n) is 3.07. The van der Waals surface area contributed by atoms with Gasteiger partial charge in [-0.05, 0) is 40.8 Å². The zero-order valence-corrected chi connectivity index (χ0v) is 9.92. The summed E-state index contributed by atoms with van der Waals surface area (Å²) in [6.07, 6.45) is 2.74. The van der Waals surface area contributed by atoms with Crippen LogP contribution in [0.25, 0.3) is 0 Å². The van der Waals surface area contributed by atoms with Gasteiger partial charge in [-0.25, -0.2) is 0 Å². The van der Waals surface area contributed by atoms with Crippen molar-refractivity contribution in [3.8, 4) is 0 Å². The van der Waals surface area contributed by atoms with Crippen LogP contribution < -0.4 is 5.32 Å². The molecular formula is C11H24N2O. The fourth-order valence-corrected chi connectivity index (χ4v) is 1.70. The Hall–Kier alpha value is -0.120. The Balaban J connectivity index is 2.17. The summed E-state index contributed by atoms with van der Waals surface area (Å²) in [5, 5.41) is 3.61. The van der Waals surface area contributed by atoms with Gasteiger partial charge in [-0.2, -0.15) is 0 Å². The van der Waals surface area contributed by atoms with E-state index in [0.717, 1.165) is 26.0 Å². The molecule has 14 heavy (non-hydrogen) atoms. The molecule has 0 amide bonds. The number of nitrogens with zero attached hydrogens (tertiary/aromatic N) is 1. The predicted molar refractivity (Wildman–Crippen MR) is 59.6 cm³/mol. The largest absolute Gasteiger partial charge is 0.378 e. The number of hydrogen-bond acceptors (Lipinski definition) is 3. The van der Waals surface area contributed by atoms with E-state index in [1.54, 1.807) is 0 Å². The third kappa shape index (κ3) is 3.95. The first-order valence-corrected chi connectivity index (χ1v) is 5.61. The van der Waals surface area contributed by atoms with Gasteiger partial charge in [-0.1, -0.05) is 0 Å². The quantitative estimate of drug-likeness (QED) is 0.735. The summed E-state index contributed by atoms with van der Waals surface area (Å²) in [6.45, 7) is 6.39. The molecule has 0 aromatic carbocycles. The zero-order chi connectivity index (χ0) is 10.6. The average Bonchev–Trinajstić information content (AvgIpc) is 2.14. The van der Waals surface area contributed by atoms with Gasteiger partial charge in [0.1, 0.15) is 0 Å². The van der Waals surface area contributed by atoms with Gasteiger partial charge in [0.15, 0.2) is 0 Å². The lowest BCUT2D eigenvalue weighted by atomic mass is 10.0.